The molecule has 0 radical (unpaired) electrons. The van der Waals surface area contributed by atoms with Crippen LogP contribution in [0.1, 0.15) is 22.6 Å². The first kappa shape index (κ1) is 17.3. The van der Waals surface area contributed by atoms with Crippen LogP contribution in [0.5, 0.6) is 5.75 Å². The van der Waals surface area contributed by atoms with E-state index in [1.165, 1.54) is 10.9 Å². The Morgan fingerprint density at radius 3 is 2.43 bits per heavy atom. The number of rotatable bonds is 5. The van der Waals surface area contributed by atoms with Gasteiger partial charge in [-0.2, -0.15) is 0 Å². The minimum absolute atomic E-state index is 0. The third-order valence-corrected chi connectivity index (χ3v) is 3.99. The lowest BCUT2D eigenvalue weighted by Gasteiger charge is -2.11. The van der Waals surface area contributed by atoms with E-state index in [1.54, 1.807) is 7.11 Å². The molecule has 23 heavy (non-hydrogen) atoms. The van der Waals surface area contributed by atoms with Gasteiger partial charge in [0.2, 0.25) is 0 Å². The van der Waals surface area contributed by atoms with E-state index in [0.29, 0.717) is 0 Å². The van der Waals surface area contributed by atoms with E-state index < -0.39 is 0 Å². The molecule has 0 fully saturated rings. The zero-order valence-electron chi connectivity index (χ0n) is 13.6. The first-order valence-corrected chi connectivity index (χ1v) is 7.37. The number of nitrogens with one attached hydrogen (secondary N) is 1. The zero-order chi connectivity index (χ0) is 15.5. The van der Waals surface area contributed by atoms with E-state index in [0.717, 1.165) is 41.2 Å². The van der Waals surface area contributed by atoms with Gasteiger partial charge in [0, 0.05) is 24.0 Å². The van der Waals surface area contributed by atoms with Gasteiger partial charge in [0.05, 0.1) is 12.8 Å². The number of aromatic nitrogens is 1. The number of hydrogen-bond donors (Lipinski definition) is 1. The SMILES string of the molecule is COc1ccc(CNCc2c(C)noc2C)c2ccccc12.Cl. The van der Waals surface area contributed by atoms with Gasteiger partial charge in [0.15, 0.2) is 0 Å². The van der Waals surface area contributed by atoms with Crippen LogP contribution in [0.2, 0.25) is 0 Å². The molecule has 0 saturated carbocycles. The molecule has 4 nitrogen and oxygen atoms in total. The molecule has 3 rings (SSSR count). The van der Waals surface area contributed by atoms with Gasteiger partial charge in [0.25, 0.3) is 0 Å². The maximum atomic E-state index is 5.44. The molecule has 0 atom stereocenters. The summed E-state index contributed by atoms with van der Waals surface area (Å²) < 4.78 is 10.6. The molecule has 1 aromatic heterocycles. The van der Waals surface area contributed by atoms with Crippen molar-refractivity contribution in [3.05, 3.63) is 59.0 Å². The van der Waals surface area contributed by atoms with Crippen LogP contribution in [0.25, 0.3) is 10.8 Å². The molecule has 0 bridgehead atoms. The normalized spacial score (nSPS) is 10.6. The maximum Gasteiger partial charge on any atom is 0.138 e. The van der Waals surface area contributed by atoms with Crippen LogP contribution >= 0.6 is 12.4 Å². The van der Waals surface area contributed by atoms with Crippen LogP contribution in [0.15, 0.2) is 40.9 Å². The summed E-state index contributed by atoms with van der Waals surface area (Å²) in [5.41, 5.74) is 3.34. The van der Waals surface area contributed by atoms with E-state index in [2.05, 4.69) is 34.7 Å². The molecule has 0 aliphatic heterocycles. The molecule has 0 aliphatic rings. The number of aryl methyl sites for hydroxylation is 2. The number of hydrogen-bond acceptors (Lipinski definition) is 4. The number of methoxy groups -OCH3 is 1. The second-order valence-electron chi connectivity index (χ2n) is 5.38. The van der Waals surface area contributed by atoms with Crippen LogP contribution in [0, 0.1) is 13.8 Å². The summed E-state index contributed by atoms with van der Waals surface area (Å²) in [7, 11) is 1.71. The Bertz CT molecular complexity index is 779. The van der Waals surface area contributed by atoms with Crippen LogP contribution in [-0.2, 0) is 13.1 Å². The van der Waals surface area contributed by atoms with Crippen molar-refractivity contribution in [2.24, 2.45) is 0 Å². The molecular formula is C18H21ClN2O2. The highest BCUT2D eigenvalue weighted by molar-refractivity contribution is 5.91. The van der Waals surface area contributed by atoms with Gasteiger partial charge >= 0.3 is 0 Å². The highest BCUT2D eigenvalue weighted by atomic mass is 35.5. The molecule has 0 saturated heterocycles. The van der Waals surface area contributed by atoms with Crippen LogP contribution in [-0.4, -0.2) is 12.3 Å². The van der Waals surface area contributed by atoms with E-state index in [4.69, 9.17) is 9.26 Å². The van der Waals surface area contributed by atoms with Gasteiger partial charge < -0.3 is 14.6 Å². The summed E-state index contributed by atoms with van der Waals surface area (Å²) in [6.07, 6.45) is 0. The third kappa shape index (κ3) is 3.49. The number of nitrogens with zero attached hydrogens (tertiary/aromatic N) is 1. The van der Waals surface area contributed by atoms with E-state index in [-0.39, 0.29) is 12.4 Å². The average molecular weight is 333 g/mol. The summed E-state index contributed by atoms with van der Waals surface area (Å²) in [6.45, 7) is 5.45. The van der Waals surface area contributed by atoms with Gasteiger partial charge in [-0.1, -0.05) is 35.5 Å². The third-order valence-electron chi connectivity index (χ3n) is 3.99. The fourth-order valence-electron chi connectivity index (χ4n) is 2.74. The predicted molar refractivity (Wildman–Crippen MR) is 94.3 cm³/mol. The number of halogens is 1. The van der Waals surface area contributed by atoms with E-state index >= 15 is 0 Å². The van der Waals surface area contributed by atoms with Crippen LogP contribution in [0.4, 0.5) is 0 Å². The van der Waals surface area contributed by atoms with Gasteiger partial charge in [-0.25, -0.2) is 0 Å². The summed E-state index contributed by atoms with van der Waals surface area (Å²) in [6, 6.07) is 12.4. The number of fused-ring (bicyclic) bond motifs is 1. The molecule has 0 unspecified atom stereocenters. The first-order valence-electron chi connectivity index (χ1n) is 7.37. The minimum atomic E-state index is 0. The second-order valence-corrected chi connectivity index (χ2v) is 5.38. The minimum Gasteiger partial charge on any atom is -0.496 e. The van der Waals surface area contributed by atoms with Gasteiger partial charge in [-0.3, -0.25) is 0 Å². The van der Waals surface area contributed by atoms with Crippen molar-refractivity contribution in [1.82, 2.24) is 10.5 Å². The fourth-order valence-corrected chi connectivity index (χ4v) is 2.74. The molecular weight excluding hydrogens is 312 g/mol. The van der Waals surface area contributed by atoms with Gasteiger partial charge in [0.1, 0.15) is 11.5 Å². The highest BCUT2D eigenvalue weighted by Gasteiger charge is 2.09. The lowest BCUT2D eigenvalue weighted by atomic mass is 10.0. The van der Waals surface area contributed by atoms with E-state index in [1.807, 2.05) is 26.0 Å². The zero-order valence-corrected chi connectivity index (χ0v) is 14.4. The lowest BCUT2D eigenvalue weighted by Crippen LogP contribution is -2.14. The molecule has 5 heteroatoms. The van der Waals surface area contributed by atoms with Crippen molar-refractivity contribution >= 4 is 23.2 Å². The smallest absolute Gasteiger partial charge is 0.138 e. The molecule has 2 aromatic carbocycles. The van der Waals surface area contributed by atoms with Gasteiger partial charge in [-0.15, -0.1) is 12.4 Å². The van der Waals surface area contributed by atoms with Gasteiger partial charge in [-0.05, 0) is 30.9 Å². The number of ether oxygens (including phenoxy) is 1. The Kier molecular flexibility index (Phi) is 5.64. The van der Waals surface area contributed by atoms with Crippen molar-refractivity contribution in [2.75, 3.05) is 7.11 Å². The Labute approximate surface area is 142 Å². The molecule has 0 spiro atoms. The van der Waals surface area contributed by atoms with E-state index in [9.17, 15) is 0 Å². The molecule has 1 N–H and O–H groups in total. The first-order chi connectivity index (χ1) is 10.7. The van der Waals surface area contributed by atoms with Crippen molar-refractivity contribution in [3.63, 3.8) is 0 Å². The molecule has 122 valence electrons. The largest absolute Gasteiger partial charge is 0.496 e. The van der Waals surface area contributed by atoms with Crippen LogP contribution < -0.4 is 10.1 Å². The summed E-state index contributed by atoms with van der Waals surface area (Å²) in [5.74, 6) is 1.79. The average Bonchev–Trinajstić information content (AvgIpc) is 2.86. The molecule has 1 heterocycles. The summed E-state index contributed by atoms with van der Waals surface area (Å²) in [4.78, 5) is 0. The Morgan fingerprint density at radius 2 is 1.78 bits per heavy atom. The lowest BCUT2D eigenvalue weighted by molar-refractivity contribution is 0.392. The standard InChI is InChI=1S/C18H20N2O2.ClH/c1-12-17(13(2)22-20-12)11-19-10-14-8-9-18(21-3)16-7-5-4-6-15(14)16;/h4-9,19H,10-11H2,1-3H3;1H. The van der Waals surface area contributed by atoms with Crippen molar-refractivity contribution in [1.29, 1.82) is 0 Å². The molecule has 0 aliphatic carbocycles. The van der Waals surface area contributed by atoms with Crippen molar-refractivity contribution in [3.8, 4) is 5.75 Å². The Balaban J connectivity index is 0.00000192. The fraction of sp³-hybridized carbons (Fsp3) is 0.278. The monoisotopic (exact) mass is 332 g/mol. The van der Waals surface area contributed by atoms with Crippen molar-refractivity contribution in [2.45, 2.75) is 26.9 Å². The quantitative estimate of drug-likeness (QED) is 0.762. The Morgan fingerprint density at radius 1 is 1.04 bits per heavy atom. The van der Waals surface area contributed by atoms with Crippen molar-refractivity contribution < 1.29 is 9.26 Å². The summed E-state index contributed by atoms with van der Waals surface area (Å²) >= 11 is 0. The van der Waals surface area contributed by atoms with Crippen LogP contribution in [0.3, 0.4) is 0 Å². The predicted octanol–water partition coefficient (Wildman–Crippen LogP) is 4.16. The second kappa shape index (κ2) is 7.49. The summed E-state index contributed by atoms with van der Waals surface area (Å²) in [5, 5.41) is 9.81. The number of benzene rings is 2. The topological polar surface area (TPSA) is 47.3 Å². The maximum absolute atomic E-state index is 5.44. The Hall–Kier alpha value is -2.04. The molecule has 0 amide bonds. The highest BCUT2D eigenvalue weighted by Crippen LogP contribution is 2.28. The molecule has 3 aromatic rings.